The summed E-state index contributed by atoms with van der Waals surface area (Å²) in [6.07, 6.45) is -3.21. The minimum Gasteiger partial charge on any atom is -0.385 e. The van der Waals surface area contributed by atoms with Gasteiger partial charge in [-0.25, -0.2) is 4.98 Å². The smallest absolute Gasteiger partial charge is 0.385 e. The number of nitrogens with one attached hydrogen (secondary N) is 1. The number of nitrogens with zero attached hydrogens (tertiary/aromatic N) is 2. The Morgan fingerprint density at radius 1 is 1.31 bits per heavy atom. The molecule has 1 aromatic carbocycles. The van der Waals surface area contributed by atoms with E-state index in [9.17, 15) is 18.0 Å². The number of benzene rings is 1. The number of ether oxygens (including phenoxy) is 1. The Labute approximate surface area is 174 Å². The molecule has 0 fully saturated rings. The second-order valence-corrected chi connectivity index (χ2v) is 7.10. The highest BCUT2D eigenvalue weighted by molar-refractivity contribution is 9.10. The van der Waals surface area contributed by atoms with Crippen molar-refractivity contribution >= 4 is 33.4 Å². The molecule has 1 atom stereocenters. The number of anilines is 1. The Bertz CT molecular complexity index is 888. The second-order valence-electron chi connectivity index (χ2n) is 6.18. The van der Waals surface area contributed by atoms with Gasteiger partial charge in [-0.1, -0.05) is 12.1 Å². The van der Waals surface area contributed by atoms with Crippen LogP contribution in [0.4, 0.5) is 18.9 Å². The lowest BCUT2D eigenvalue weighted by molar-refractivity contribution is -0.240. The number of amidine groups is 1. The Morgan fingerprint density at radius 3 is 2.62 bits per heavy atom. The number of alkyl halides is 3. The third-order valence-corrected chi connectivity index (χ3v) is 4.51. The molecule has 29 heavy (non-hydrogen) atoms. The summed E-state index contributed by atoms with van der Waals surface area (Å²) >= 11 is 3.24. The molecule has 0 unspecified atom stereocenters. The van der Waals surface area contributed by atoms with E-state index in [2.05, 4.69) is 31.2 Å². The van der Waals surface area contributed by atoms with Crippen molar-refractivity contribution in [2.75, 3.05) is 11.9 Å². The second kappa shape index (κ2) is 9.36. The Balaban J connectivity index is 2.13. The number of aromatic nitrogens is 1. The lowest BCUT2D eigenvalue weighted by atomic mass is 10.0. The van der Waals surface area contributed by atoms with E-state index in [1.54, 1.807) is 36.4 Å². The molecule has 3 N–H and O–H groups in total. The quantitative estimate of drug-likeness (QED) is 0.464. The van der Waals surface area contributed by atoms with Crippen LogP contribution < -0.4 is 11.1 Å². The average Bonchev–Trinajstić information content (AvgIpc) is 2.66. The number of pyridine rings is 1. The number of hydrogen-bond donors (Lipinski definition) is 2. The van der Waals surface area contributed by atoms with E-state index in [-0.39, 0.29) is 18.8 Å². The summed E-state index contributed by atoms with van der Waals surface area (Å²) in [6.45, 7) is 2.02. The zero-order valence-corrected chi connectivity index (χ0v) is 17.3. The predicted molar refractivity (Wildman–Crippen MR) is 108 cm³/mol. The van der Waals surface area contributed by atoms with E-state index >= 15 is 0 Å². The van der Waals surface area contributed by atoms with Crippen LogP contribution in [0.3, 0.4) is 0 Å². The van der Waals surface area contributed by atoms with Gasteiger partial charge in [-0.05, 0) is 59.6 Å². The topological polar surface area (TPSA) is 89.6 Å². The van der Waals surface area contributed by atoms with Crippen LogP contribution in [0.25, 0.3) is 0 Å². The van der Waals surface area contributed by atoms with Crippen molar-refractivity contribution < 1.29 is 22.7 Å². The number of halogens is 4. The zero-order valence-electron chi connectivity index (χ0n) is 15.8. The monoisotopic (exact) mass is 472 g/mol. The maximum absolute atomic E-state index is 13.3. The molecular weight excluding hydrogens is 453 g/mol. The number of amides is 1. The maximum atomic E-state index is 13.3. The van der Waals surface area contributed by atoms with E-state index in [0.717, 1.165) is 11.4 Å². The van der Waals surface area contributed by atoms with Crippen LogP contribution in [0.5, 0.6) is 0 Å². The summed E-state index contributed by atoms with van der Waals surface area (Å²) in [5.74, 6) is -1.08. The van der Waals surface area contributed by atoms with Crippen molar-refractivity contribution in [3.05, 3.63) is 58.3 Å². The molecule has 2 rings (SSSR count). The zero-order chi connectivity index (χ0) is 21.7. The van der Waals surface area contributed by atoms with Gasteiger partial charge in [0.15, 0.2) is 0 Å². The van der Waals surface area contributed by atoms with E-state index in [1.807, 2.05) is 0 Å². The van der Waals surface area contributed by atoms with Crippen molar-refractivity contribution in [2.24, 2.45) is 10.7 Å². The fourth-order valence-corrected chi connectivity index (χ4v) is 2.60. The Hall–Kier alpha value is -2.46. The van der Waals surface area contributed by atoms with Gasteiger partial charge in [0.05, 0.1) is 6.54 Å². The summed E-state index contributed by atoms with van der Waals surface area (Å²) < 4.78 is 45.5. The molecule has 0 saturated carbocycles. The van der Waals surface area contributed by atoms with Crippen molar-refractivity contribution in [3.63, 3.8) is 0 Å². The summed E-state index contributed by atoms with van der Waals surface area (Å²) in [6, 6.07) is 9.80. The maximum Gasteiger partial charge on any atom is 0.424 e. The number of rotatable bonds is 7. The molecule has 1 amide bonds. The van der Waals surface area contributed by atoms with Gasteiger partial charge < -0.3 is 15.8 Å². The van der Waals surface area contributed by atoms with Gasteiger partial charge in [0.2, 0.25) is 5.60 Å². The first-order valence-corrected chi connectivity index (χ1v) is 9.39. The van der Waals surface area contributed by atoms with Crippen LogP contribution in [0.15, 0.2) is 52.1 Å². The predicted octanol–water partition coefficient (Wildman–Crippen LogP) is 4.31. The van der Waals surface area contributed by atoms with Gasteiger partial charge in [0.1, 0.15) is 11.5 Å². The lowest BCUT2D eigenvalue weighted by Crippen LogP contribution is -2.55. The van der Waals surface area contributed by atoms with Crippen LogP contribution in [0, 0.1) is 0 Å². The van der Waals surface area contributed by atoms with Crippen molar-refractivity contribution in [1.82, 2.24) is 4.98 Å². The largest absolute Gasteiger partial charge is 0.424 e. The molecule has 0 aliphatic heterocycles. The third kappa shape index (κ3) is 5.77. The van der Waals surface area contributed by atoms with Gasteiger partial charge in [0, 0.05) is 23.0 Å². The highest BCUT2D eigenvalue weighted by Crippen LogP contribution is 2.33. The number of carbonyl (C=O) groups is 1. The standard InChI is InChI=1S/C19H20BrF3N4O2/c1-3-29-18(2,19(21,22)23)17(24)26-10-12-5-4-6-14(9-12)27-16(28)15-8-7-13(20)11-25-15/h4-9,11H,3,10H2,1-2H3,(H2,24,26)(H,27,28)/t18-/m1/s1. The number of carbonyl (C=O) groups excluding carboxylic acids is 1. The molecule has 0 bridgehead atoms. The van der Waals surface area contributed by atoms with Crippen molar-refractivity contribution in [2.45, 2.75) is 32.2 Å². The van der Waals surface area contributed by atoms with Gasteiger partial charge in [-0.3, -0.25) is 9.79 Å². The molecule has 1 aromatic heterocycles. The minimum atomic E-state index is -4.70. The van der Waals surface area contributed by atoms with Crippen LogP contribution in [-0.2, 0) is 11.3 Å². The summed E-state index contributed by atoms with van der Waals surface area (Å²) in [7, 11) is 0. The molecule has 0 aliphatic carbocycles. The first kappa shape index (κ1) is 22.8. The van der Waals surface area contributed by atoms with E-state index < -0.39 is 23.5 Å². The van der Waals surface area contributed by atoms with Crippen molar-refractivity contribution in [3.8, 4) is 0 Å². The van der Waals surface area contributed by atoms with Gasteiger partial charge in [-0.15, -0.1) is 0 Å². The van der Waals surface area contributed by atoms with E-state index in [4.69, 9.17) is 10.5 Å². The average molecular weight is 473 g/mol. The summed E-state index contributed by atoms with van der Waals surface area (Å²) in [5, 5.41) is 2.68. The van der Waals surface area contributed by atoms with Crippen LogP contribution in [0.2, 0.25) is 0 Å². The van der Waals surface area contributed by atoms with Gasteiger partial charge >= 0.3 is 6.18 Å². The van der Waals surface area contributed by atoms with Crippen LogP contribution >= 0.6 is 15.9 Å². The molecule has 1 heterocycles. The fraction of sp³-hybridized carbons (Fsp3) is 0.316. The summed E-state index contributed by atoms with van der Waals surface area (Å²) in [4.78, 5) is 20.1. The number of nitrogens with two attached hydrogens (primary N) is 1. The highest BCUT2D eigenvalue weighted by Gasteiger charge is 2.55. The fourth-order valence-electron chi connectivity index (χ4n) is 2.37. The number of aliphatic imine (C=N–C) groups is 1. The molecule has 10 heteroatoms. The third-order valence-electron chi connectivity index (χ3n) is 4.04. The molecule has 2 aromatic rings. The summed E-state index contributed by atoms with van der Waals surface area (Å²) in [5.41, 5.74) is 4.18. The molecule has 6 nitrogen and oxygen atoms in total. The van der Waals surface area contributed by atoms with Crippen molar-refractivity contribution in [1.29, 1.82) is 0 Å². The first-order chi connectivity index (χ1) is 13.6. The van der Waals surface area contributed by atoms with Crippen LogP contribution in [0.1, 0.15) is 29.9 Å². The lowest BCUT2D eigenvalue weighted by Gasteiger charge is -2.31. The molecule has 0 saturated heterocycles. The molecule has 0 aliphatic rings. The molecular formula is C19H20BrF3N4O2. The normalized spacial score (nSPS) is 14.3. The molecule has 156 valence electrons. The number of hydrogen-bond acceptors (Lipinski definition) is 4. The Morgan fingerprint density at radius 2 is 2.03 bits per heavy atom. The molecule has 0 radical (unpaired) electrons. The van der Waals surface area contributed by atoms with E-state index in [0.29, 0.717) is 11.3 Å². The van der Waals surface area contributed by atoms with E-state index in [1.165, 1.54) is 13.1 Å². The first-order valence-electron chi connectivity index (χ1n) is 8.59. The minimum absolute atomic E-state index is 0.106. The van der Waals surface area contributed by atoms with Gasteiger partial charge in [0.25, 0.3) is 5.91 Å². The highest BCUT2D eigenvalue weighted by atomic mass is 79.9. The van der Waals surface area contributed by atoms with Gasteiger partial charge in [-0.2, -0.15) is 13.2 Å². The SMILES string of the molecule is CCO[C@](C)(C(N)=NCc1cccc(NC(=O)c2ccc(Br)cn2)c1)C(F)(F)F. The molecule has 0 spiro atoms. The van der Waals surface area contributed by atoms with Crippen LogP contribution in [-0.4, -0.2) is 35.1 Å². The Kier molecular flexibility index (Phi) is 7.37.